The Morgan fingerprint density at radius 1 is 1.04 bits per heavy atom. The molecule has 3 rings (SSSR count). The van der Waals surface area contributed by atoms with Crippen LogP contribution in [0.15, 0.2) is 42.5 Å². The molecule has 1 aliphatic heterocycles. The van der Waals surface area contributed by atoms with E-state index in [4.69, 9.17) is 14.2 Å². The zero-order chi connectivity index (χ0) is 20.1. The molecule has 1 atom stereocenters. The van der Waals surface area contributed by atoms with Gasteiger partial charge in [-0.1, -0.05) is 0 Å². The molecule has 148 valence electrons. The molecule has 7 heteroatoms. The van der Waals surface area contributed by atoms with Crippen molar-refractivity contribution >= 4 is 17.5 Å². The van der Waals surface area contributed by atoms with Crippen LogP contribution in [0.2, 0.25) is 0 Å². The summed E-state index contributed by atoms with van der Waals surface area (Å²) in [7, 11) is 3.06. The average molecular weight is 384 g/mol. The predicted octanol–water partition coefficient (Wildman–Crippen LogP) is 2.82. The van der Waals surface area contributed by atoms with Gasteiger partial charge in [0.1, 0.15) is 0 Å². The second-order valence-electron chi connectivity index (χ2n) is 6.52. The maximum absolute atomic E-state index is 12.7. The number of morpholine rings is 1. The molecule has 0 saturated carbocycles. The van der Waals surface area contributed by atoms with Gasteiger partial charge in [-0.15, -0.1) is 0 Å². The number of carbonyl (C=O) groups is 2. The monoisotopic (exact) mass is 384 g/mol. The van der Waals surface area contributed by atoms with Crippen LogP contribution in [-0.4, -0.2) is 56.7 Å². The Morgan fingerprint density at radius 3 is 2.36 bits per heavy atom. The quantitative estimate of drug-likeness (QED) is 0.858. The number of anilines is 1. The molecule has 0 aromatic heterocycles. The summed E-state index contributed by atoms with van der Waals surface area (Å²) in [6, 6.07) is 11.9. The second kappa shape index (κ2) is 8.75. The van der Waals surface area contributed by atoms with E-state index in [1.54, 1.807) is 47.4 Å². The lowest BCUT2D eigenvalue weighted by molar-refractivity contribution is 0.00359. The molecule has 0 spiro atoms. The second-order valence-corrected chi connectivity index (χ2v) is 6.52. The van der Waals surface area contributed by atoms with Crippen molar-refractivity contribution in [2.75, 3.05) is 39.3 Å². The zero-order valence-electron chi connectivity index (χ0n) is 16.2. The Hall–Kier alpha value is -3.06. The smallest absolute Gasteiger partial charge is 0.255 e. The Kier molecular flexibility index (Phi) is 6.16. The van der Waals surface area contributed by atoms with Gasteiger partial charge >= 0.3 is 0 Å². The minimum absolute atomic E-state index is 0.0337. The number of rotatable bonds is 5. The van der Waals surface area contributed by atoms with Crippen molar-refractivity contribution in [1.29, 1.82) is 0 Å². The van der Waals surface area contributed by atoms with Crippen molar-refractivity contribution in [2.45, 2.75) is 13.0 Å². The number of benzene rings is 2. The number of amides is 2. The predicted molar refractivity (Wildman–Crippen MR) is 105 cm³/mol. The summed E-state index contributed by atoms with van der Waals surface area (Å²) in [5.41, 5.74) is 1.63. The number of nitrogens with zero attached hydrogens (tertiary/aromatic N) is 1. The molecule has 2 aromatic rings. The molecule has 0 bridgehead atoms. The van der Waals surface area contributed by atoms with E-state index in [2.05, 4.69) is 5.32 Å². The summed E-state index contributed by atoms with van der Waals surface area (Å²) < 4.78 is 15.8. The number of hydrogen-bond acceptors (Lipinski definition) is 5. The minimum Gasteiger partial charge on any atom is -0.493 e. The van der Waals surface area contributed by atoms with Crippen molar-refractivity contribution in [3.63, 3.8) is 0 Å². The van der Waals surface area contributed by atoms with E-state index in [1.165, 1.54) is 14.2 Å². The highest BCUT2D eigenvalue weighted by molar-refractivity contribution is 6.05. The summed E-state index contributed by atoms with van der Waals surface area (Å²) in [6.45, 7) is 3.65. The van der Waals surface area contributed by atoms with Gasteiger partial charge in [0.15, 0.2) is 11.5 Å². The third-order valence-corrected chi connectivity index (χ3v) is 4.66. The Balaban J connectivity index is 1.68. The highest BCUT2D eigenvalue weighted by atomic mass is 16.5. The van der Waals surface area contributed by atoms with Crippen LogP contribution in [0.1, 0.15) is 27.6 Å². The molecule has 0 aliphatic carbocycles. The van der Waals surface area contributed by atoms with E-state index < -0.39 is 0 Å². The van der Waals surface area contributed by atoms with E-state index in [-0.39, 0.29) is 17.9 Å². The molecule has 2 aromatic carbocycles. The van der Waals surface area contributed by atoms with Crippen LogP contribution in [0.25, 0.3) is 0 Å². The van der Waals surface area contributed by atoms with Crippen molar-refractivity contribution in [3.8, 4) is 11.5 Å². The molecule has 1 saturated heterocycles. The van der Waals surface area contributed by atoms with Gasteiger partial charge in [-0.25, -0.2) is 0 Å². The van der Waals surface area contributed by atoms with E-state index in [9.17, 15) is 9.59 Å². The standard InChI is InChI=1S/C21H24N2O5/c1-14-13-28-11-10-23(14)21(25)15-4-7-17(8-5-15)22-20(24)16-6-9-18(26-2)19(12-16)27-3/h4-9,12,14H,10-11,13H2,1-3H3,(H,22,24). The molecule has 1 unspecified atom stereocenters. The van der Waals surface area contributed by atoms with Gasteiger partial charge in [0, 0.05) is 23.4 Å². The Bertz CT molecular complexity index is 850. The van der Waals surface area contributed by atoms with Crippen LogP contribution in [0, 0.1) is 0 Å². The van der Waals surface area contributed by atoms with Gasteiger partial charge in [0.2, 0.25) is 0 Å². The first kappa shape index (κ1) is 19.7. The zero-order valence-corrected chi connectivity index (χ0v) is 16.2. The lowest BCUT2D eigenvalue weighted by Gasteiger charge is -2.33. The van der Waals surface area contributed by atoms with E-state index in [0.29, 0.717) is 48.1 Å². The van der Waals surface area contributed by atoms with Crippen LogP contribution >= 0.6 is 0 Å². The third kappa shape index (κ3) is 4.26. The summed E-state index contributed by atoms with van der Waals surface area (Å²) in [6.07, 6.45) is 0. The molecule has 1 N–H and O–H groups in total. The van der Waals surface area contributed by atoms with Crippen LogP contribution in [-0.2, 0) is 4.74 Å². The minimum atomic E-state index is -0.276. The molecule has 28 heavy (non-hydrogen) atoms. The fourth-order valence-corrected chi connectivity index (χ4v) is 3.07. The summed E-state index contributed by atoms with van der Waals surface area (Å²) in [4.78, 5) is 27.0. The molecule has 7 nitrogen and oxygen atoms in total. The highest BCUT2D eigenvalue weighted by Gasteiger charge is 2.24. The molecule has 1 fully saturated rings. The fraction of sp³-hybridized carbons (Fsp3) is 0.333. The lowest BCUT2D eigenvalue weighted by atomic mass is 10.1. The van der Waals surface area contributed by atoms with E-state index in [0.717, 1.165) is 0 Å². The maximum atomic E-state index is 12.7. The first-order valence-corrected chi connectivity index (χ1v) is 9.05. The van der Waals surface area contributed by atoms with Gasteiger partial charge in [0.25, 0.3) is 11.8 Å². The summed E-state index contributed by atoms with van der Waals surface area (Å²) >= 11 is 0. The number of carbonyl (C=O) groups excluding carboxylic acids is 2. The summed E-state index contributed by atoms with van der Waals surface area (Å²) in [5, 5.41) is 2.82. The van der Waals surface area contributed by atoms with E-state index >= 15 is 0 Å². The Morgan fingerprint density at radius 2 is 1.71 bits per heavy atom. The highest BCUT2D eigenvalue weighted by Crippen LogP contribution is 2.28. The molecular formula is C21H24N2O5. The van der Waals surface area contributed by atoms with Crippen molar-refractivity contribution in [3.05, 3.63) is 53.6 Å². The average Bonchev–Trinajstić information content (AvgIpc) is 2.73. The van der Waals surface area contributed by atoms with Crippen LogP contribution < -0.4 is 14.8 Å². The maximum Gasteiger partial charge on any atom is 0.255 e. The molecule has 1 heterocycles. The van der Waals surface area contributed by atoms with Gasteiger partial charge in [-0.3, -0.25) is 9.59 Å². The van der Waals surface area contributed by atoms with E-state index in [1.807, 2.05) is 6.92 Å². The van der Waals surface area contributed by atoms with Crippen molar-refractivity contribution in [1.82, 2.24) is 4.90 Å². The lowest BCUT2D eigenvalue weighted by Crippen LogP contribution is -2.47. The van der Waals surface area contributed by atoms with Gasteiger partial charge < -0.3 is 24.4 Å². The summed E-state index contributed by atoms with van der Waals surface area (Å²) in [5.74, 6) is 0.727. The van der Waals surface area contributed by atoms with Gasteiger partial charge in [-0.2, -0.15) is 0 Å². The number of methoxy groups -OCH3 is 2. The molecule has 0 radical (unpaired) electrons. The largest absolute Gasteiger partial charge is 0.493 e. The van der Waals surface area contributed by atoms with Crippen molar-refractivity contribution < 1.29 is 23.8 Å². The third-order valence-electron chi connectivity index (χ3n) is 4.66. The number of nitrogens with one attached hydrogen (secondary N) is 1. The van der Waals surface area contributed by atoms with Crippen LogP contribution in [0.4, 0.5) is 5.69 Å². The van der Waals surface area contributed by atoms with Gasteiger partial charge in [0.05, 0.1) is 33.5 Å². The topological polar surface area (TPSA) is 77.1 Å². The van der Waals surface area contributed by atoms with Crippen LogP contribution in [0.5, 0.6) is 11.5 Å². The first-order chi connectivity index (χ1) is 13.5. The van der Waals surface area contributed by atoms with Crippen molar-refractivity contribution in [2.24, 2.45) is 0 Å². The number of ether oxygens (including phenoxy) is 3. The normalized spacial score (nSPS) is 16.4. The first-order valence-electron chi connectivity index (χ1n) is 9.05. The Labute approximate surface area is 164 Å². The van der Waals surface area contributed by atoms with Gasteiger partial charge in [-0.05, 0) is 49.4 Å². The van der Waals surface area contributed by atoms with Crippen LogP contribution in [0.3, 0.4) is 0 Å². The SMILES string of the molecule is COc1ccc(C(=O)Nc2ccc(C(=O)N3CCOCC3C)cc2)cc1OC. The fourth-order valence-electron chi connectivity index (χ4n) is 3.07. The molecule has 1 aliphatic rings. The molecule has 2 amide bonds. The molecular weight excluding hydrogens is 360 g/mol. The number of hydrogen-bond donors (Lipinski definition) is 1.